The molecule has 2 unspecified atom stereocenters. The maximum absolute atomic E-state index is 11.4. The summed E-state index contributed by atoms with van der Waals surface area (Å²) in [5.74, 6) is 0.856. The minimum atomic E-state index is -2.70. The van der Waals surface area contributed by atoms with Crippen LogP contribution in [0.25, 0.3) is 0 Å². The summed E-state index contributed by atoms with van der Waals surface area (Å²) in [5.41, 5.74) is 0. The van der Waals surface area contributed by atoms with E-state index in [9.17, 15) is 8.42 Å². The molecule has 1 saturated heterocycles. The molecule has 3 heteroatoms. The van der Waals surface area contributed by atoms with E-state index < -0.39 is 9.84 Å². The van der Waals surface area contributed by atoms with Gasteiger partial charge in [0.1, 0.15) is 0 Å². The van der Waals surface area contributed by atoms with Gasteiger partial charge in [-0.05, 0) is 18.8 Å². The predicted octanol–water partition coefficient (Wildman–Crippen LogP) is 1.61. The van der Waals surface area contributed by atoms with Crippen molar-refractivity contribution in [2.45, 2.75) is 38.4 Å². The smallest absolute Gasteiger partial charge is 0.153 e. The normalized spacial score (nSPS) is 35.8. The van der Waals surface area contributed by atoms with Crippen LogP contribution in [0.1, 0.15) is 33.1 Å². The molecule has 0 aromatic heterocycles. The van der Waals surface area contributed by atoms with Gasteiger partial charge >= 0.3 is 0 Å². The molecule has 1 rings (SSSR count). The summed E-state index contributed by atoms with van der Waals surface area (Å²) in [6.07, 6.45) is 2.69. The van der Waals surface area contributed by atoms with Crippen molar-refractivity contribution < 1.29 is 8.42 Å². The van der Waals surface area contributed by atoms with Crippen molar-refractivity contribution in [3.05, 3.63) is 0 Å². The van der Waals surface area contributed by atoms with Gasteiger partial charge in [0.05, 0.1) is 11.0 Å². The van der Waals surface area contributed by atoms with Gasteiger partial charge in [0.15, 0.2) is 9.84 Å². The molecule has 0 aliphatic carbocycles. The minimum absolute atomic E-state index is 0.0347. The highest BCUT2D eigenvalue weighted by Crippen LogP contribution is 2.31. The van der Waals surface area contributed by atoms with E-state index in [1.165, 1.54) is 0 Å². The van der Waals surface area contributed by atoms with Crippen LogP contribution in [0.2, 0.25) is 0 Å². The Morgan fingerprint density at radius 3 is 2.27 bits per heavy atom. The first kappa shape index (κ1) is 9.04. The average Bonchev–Trinajstić information content (AvgIpc) is 2.24. The second-order valence-corrected chi connectivity index (χ2v) is 5.61. The lowest BCUT2D eigenvalue weighted by atomic mass is 9.98. The Kier molecular flexibility index (Phi) is 2.58. The van der Waals surface area contributed by atoms with Gasteiger partial charge in [-0.1, -0.05) is 20.3 Å². The zero-order chi connectivity index (χ0) is 8.48. The third-order valence-corrected chi connectivity index (χ3v) is 5.13. The van der Waals surface area contributed by atoms with Crippen molar-refractivity contribution in [3.8, 4) is 0 Å². The Balaban J connectivity index is 2.80. The summed E-state index contributed by atoms with van der Waals surface area (Å²) in [7, 11) is -2.70. The largest absolute Gasteiger partial charge is 0.229 e. The molecule has 2 nitrogen and oxygen atoms in total. The van der Waals surface area contributed by atoms with E-state index in [2.05, 4.69) is 6.92 Å². The summed E-state index contributed by atoms with van der Waals surface area (Å²) in [6, 6.07) is 0. The number of rotatable bonds is 2. The Labute approximate surface area is 68.9 Å². The first-order chi connectivity index (χ1) is 5.11. The van der Waals surface area contributed by atoms with E-state index in [1.54, 1.807) is 0 Å². The Bertz CT molecular complexity index is 218. The Morgan fingerprint density at radius 1 is 1.27 bits per heavy atom. The first-order valence-electron chi connectivity index (χ1n) is 4.33. The molecule has 0 aromatic rings. The molecule has 0 bridgehead atoms. The van der Waals surface area contributed by atoms with E-state index in [0.717, 1.165) is 19.3 Å². The summed E-state index contributed by atoms with van der Waals surface area (Å²) in [6.45, 7) is 4.05. The van der Waals surface area contributed by atoms with E-state index in [1.807, 2.05) is 6.92 Å². The van der Waals surface area contributed by atoms with Crippen molar-refractivity contribution in [1.82, 2.24) is 0 Å². The second kappa shape index (κ2) is 3.13. The van der Waals surface area contributed by atoms with Crippen LogP contribution < -0.4 is 0 Å². The van der Waals surface area contributed by atoms with E-state index in [-0.39, 0.29) is 5.25 Å². The van der Waals surface area contributed by atoms with Crippen LogP contribution in [-0.4, -0.2) is 19.4 Å². The molecule has 1 aliphatic rings. The monoisotopic (exact) mass is 176 g/mol. The molecular formula is C8H16O2S. The van der Waals surface area contributed by atoms with Crippen LogP contribution in [-0.2, 0) is 9.84 Å². The van der Waals surface area contributed by atoms with Gasteiger partial charge in [0, 0.05) is 0 Å². The van der Waals surface area contributed by atoms with E-state index in [4.69, 9.17) is 0 Å². The van der Waals surface area contributed by atoms with Crippen molar-refractivity contribution >= 4 is 9.84 Å². The van der Waals surface area contributed by atoms with Gasteiger partial charge < -0.3 is 0 Å². The topological polar surface area (TPSA) is 34.1 Å². The van der Waals surface area contributed by atoms with Crippen LogP contribution >= 0.6 is 0 Å². The fraction of sp³-hybridized carbons (Fsp3) is 1.00. The van der Waals surface area contributed by atoms with Crippen LogP contribution in [0.15, 0.2) is 0 Å². The van der Waals surface area contributed by atoms with Gasteiger partial charge in [-0.2, -0.15) is 0 Å². The lowest BCUT2D eigenvalue weighted by Crippen LogP contribution is -2.20. The van der Waals surface area contributed by atoms with Gasteiger partial charge in [-0.25, -0.2) is 8.42 Å². The highest BCUT2D eigenvalue weighted by atomic mass is 32.2. The maximum atomic E-state index is 11.4. The lowest BCUT2D eigenvalue weighted by molar-refractivity contribution is 0.477. The second-order valence-electron chi connectivity index (χ2n) is 3.27. The van der Waals surface area contributed by atoms with Crippen LogP contribution in [0.3, 0.4) is 0 Å². The van der Waals surface area contributed by atoms with Gasteiger partial charge in [0.2, 0.25) is 0 Å². The summed E-state index contributed by atoms with van der Waals surface area (Å²) in [4.78, 5) is 0. The maximum Gasteiger partial charge on any atom is 0.153 e. The molecular weight excluding hydrogens is 160 g/mol. The van der Waals surface area contributed by atoms with Gasteiger partial charge in [-0.15, -0.1) is 0 Å². The molecule has 1 fully saturated rings. The quantitative estimate of drug-likeness (QED) is 0.640. The third-order valence-electron chi connectivity index (χ3n) is 2.69. The summed E-state index contributed by atoms with van der Waals surface area (Å²) >= 11 is 0. The SMILES string of the molecule is CCC1CCS(=O)(=O)C1CC. The highest BCUT2D eigenvalue weighted by Gasteiger charge is 2.37. The van der Waals surface area contributed by atoms with Crippen molar-refractivity contribution in [2.24, 2.45) is 5.92 Å². The molecule has 2 atom stereocenters. The standard InChI is InChI=1S/C8H16O2S/c1-3-7-5-6-11(9,10)8(7)4-2/h7-8H,3-6H2,1-2H3. The van der Waals surface area contributed by atoms with Gasteiger partial charge in [0.25, 0.3) is 0 Å². The average molecular weight is 176 g/mol. The molecule has 0 spiro atoms. The van der Waals surface area contributed by atoms with Crippen LogP contribution in [0.4, 0.5) is 0 Å². The minimum Gasteiger partial charge on any atom is -0.229 e. The zero-order valence-corrected chi connectivity index (χ0v) is 8.02. The first-order valence-corrected chi connectivity index (χ1v) is 6.05. The Morgan fingerprint density at radius 2 is 1.91 bits per heavy atom. The van der Waals surface area contributed by atoms with Crippen molar-refractivity contribution in [1.29, 1.82) is 0 Å². The number of sulfone groups is 1. The molecule has 0 saturated carbocycles. The van der Waals surface area contributed by atoms with Crippen LogP contribution in [0, 0.1) is 5.92 Å². The molecule has 0 radical (unpaired) electrons. The van der Waals surface area contributed by atoms with E-state index >= 15 is 0 Å². The fourth-order valence-electron chi connectivity index (χ4n) is 2.00. The molecule has 11 heavy (non-hydrogen) atoms. The summed E-state index contributed by atoms with van der Waals surface area (Å²) in [5, 5.41) is -0.0347. The van der Waals surface area contributed by atoms with Crippen molar-refractivity contribution in [2.75, 3.05) is 5.75 Å². The molecule has 66 valence electrons. The molecule has 0 amide bonds. The predicted molar refractivity (Wildman–Crippen MR) is 46.3 cm³/mol. The summed E-state index contributed by atoms with van der Waals surface area (Å²) < 4.78 is 22.7. The molecule has 0 N–H and O–H groups in total. The third kappa shape index (κ3) is 1.58. The van der Waals surface area contributed by atoms with Gasteiger partial charge in [-0.3, -0.25) is 0 Å². The highest BCUT2D eigenvalue weighted by molar-refractivity contribution is 7.92. The number of hydrogen-bond acceptors (Lipinski definition) is 2. The molecule has 0 aromatic carbocycles. The number of hydrogen-bond donors (Lipinski definition) is 0. The molecule has 1 heterocycles. The van der Waals surface area contributed by atoms with Crippen LogP contribution in [0.5, 0.6) is 0 Å². The molecule has 1 aliphatic heterocycles. The van der Waals surface area contributed by atoms with E-state index in [0.29, 0.717) is 11.7 Å². The fourth-order valence-corrected chi connectivity index (χ4v) is 4.36. The van der Waals surface area contributed by atoms with Crippen molar-refractivity contribution in [3.63, 3.8) is 0 Å². The zero-order valence-electron chi connectivity index (χ0n) is 7.21. The Hall–Kier alpha value is -0.0500. The lowest BCUT2D eigenvalue weighted by Gasteiger charge is -2.13.